The summed E-state index contributed by atoms with van der Waals surface area (Å²) < 4.78 is 37.1. The van der Waals surface area contributed by atoms with E-state index in [1.54, 1.807) is 4.90 Å². The fraction of sp³-hybridized carbons (Fsp3) is 0.500. The van der Waals surface area contributed by atoms with Gasteiger partial charge in [-0.2, -0.15) is 13.2 Å². The average molecular weight is 273 g/mol. The van der Waals surface area contributed by atoms with Crippen LogP contribution in [-0.2, 0) is 6.18 Å². The van der Waals surface area contributed by atoms with Crippen LogP contribution in [0, 0.1) is 0 Å². The quantitative estimate of drug-likeness (QED) is 0.846. The topological polar surface area (TPSA) is 59.2 Å². The molecule has 1 saturated heterocycles. The van der Waals surface area contributed by atoms with Gasteiger partial charge in [-0.1, -0.05) is 0 Å². The Morgan fingerprint density at radius 1 is 1.47 bits per heavy atom. The van der Waals surface area contributed by atoms with Crippen molar-refractivity contribution in [2.75, 3.05) is 6.54 Å². The third-order valence-electron chi connectivity index (χ3n) is 3.39. The van der Waals surface area contributed by atoms with Crippen molar-refractivity contribution in [1.82, 2.24) is 9.88 Å². The van der Waals surface area contributed by atoms with Gasteiger partial charge in [0.05, 0.1) is 5.56 Å². The number of nitrogens with zero attached hydrogens (tertiary/aromatic N) is 2. The highest BCUT2D eigenvalue weighted by molar-refractivity contribution is 5.92. The second kappa shape index (κ2) is 4.80. The molecular weight excluding hydrogens is 259 g/mol. The molecule has 0 saturated carbocycles. The van der Waals surface area contributed by atoms with Gasteiger partial charge in [-0.05, 0) is 25.5 Å². The van der Waals surface area contributed by atoms with Gasteiger partial charge in [-0.15, -0.1) is 0 Å². The number of nitrogens with two attached hydrogens (primary N) is 1. The van der Waals surface area contributed by atoms with Gasteiger partial charge in [0.15, 0.2) is 0 Å². The molecule has 1 aromatic heterocycles. The van der Waals surface area contributed by atoms with Crippen molar-refractivity contribution in [1.29, 1.82) is 0 Å². The molecule has 0 bridgehead atoms. The monoisotopic (exact) mass is 273 g/mol. The Balaban J connectivity index is 2.17. The van der Waals surface area contributed by atoms with E-state index in [1.165, 1.54) is 0 Å². The predicted molar refractivity (Wildman–Crippen MR) is 62.3 cm³/mol. The SMILES string of the molecule is CC1C(N)CCN1C(=O)c1ccc(C(F)(F)F)cn1. The fourth-order valence-corrected chi connectivity index (χ4v) is 2.09. The summed E-state index contributed by atoms with van der Waals surface area (Å²) in [6.45, 7) is 2.32. The van der Waals surface area contributed by atoms with Crippen molar-refractivity contribution >= 4 is 5.91 Å². The Hall–Kier alpha value is -1.63. The fourth-order valence-electron chi connectivity index (χ4n) is 2.09. The molecule has 4 nitrogen and oxygen atoms in total. The largest absolute Gasteiger partial charge is 0.417 e. The molecule has 7 heteroatoms. The minimum atomic E-state index is -4.45. The Kier molecular flexibility index (Phi) is 3.49. The maximum absolute atomic E-state index is 12.4. The van der Waals surface area contributed by atoms with Gasteiger partial charge in [0.25, 0.3) is 5.91 Å². The molecule has 2 rings (SSSR count). The lowest BCUT2D eigenvalue weighted by Crippen LogP contribution is -2.40. The van der Waals surface area contributed by atoms with Gasteiger partial charge in [-0.3, -0.25) is 9.78 Å². The molecule has 0 radical (unpaired) electrons. The summed E-state index contributed by atoms with van der Waals surface area (Å²) in [6.07, 6.45) is -3.08. The molecule has 1 fully saturated rings. The predicted octanol–water partition coefficient (Wildman–Crippen LogP) is 1.66. The number of amides is 1. The van der Waals surface area contributed by atoms with E-state index in [9.17, 15) is 18.0 Å². The molecule has 104 valence electrons. The van der Waals surface area contributed by atoms with Crippen LogP contribution in [0.4, 0.5) is 13.2 Å². The summed E-state index contributed by atoms with van der Waals surface area (Å²) in [5, 5.41) is 0. The maximum atomic E-state index is 12.4. The highest BCUT2D eigenvalue weighted by Gasteiger charge is 2.34. The van der Waals surface area contributed by atoms with Gasteiger partial charge >= 0.3 is 6.18 Å². The number of likely N-dealkylation sites (tertiary alicyclic amines) is 1. The second-order valence-electron chi connectivity index (χ2n) is 4.62. The molecule has 2 atom stereocenters. The Labute approximate surface area is 108 Å². The van der Waals surface area contributed by atoms with Crippen molar-refractivity contribution in [3.8, 4) is 0 Å². The highest BCUT2D eigenvalue weighted by atomic mass is 19.4. The van der Waals surface area contributed by atoms with E-state index >= 15 is 0 Å². The zero-order valence-electron chi connectivity index (χ0n) is 10.3. The first-order valence-corrected chi connectivity index (χ1v) is 5.90. The van der Waals surface area contributed by atoms with Gasteiger partial charge in [0.2, 0.25) is 0 Å². The summed E-state index contributed by atoms with van der Waals surface area (Å²) in [4.78, 5) is 17.2. The smallest absolute Gasteiger partial charge is 0.333 e. The molecular formula is C12H14F3N3O. The van der Waals surface area contributed by atoms with Crippen LogP contribution in [-0.4, -0.2) is 34.4 Å². The van der Waals surface area contributed by atoms with Crippen molar-refractivity contribution in [2.45, 2.75) is 31.6 Å². The normalized spacial score (nSPS) is 23.7. The molecule has 19 heavy (non-hydrogen) atoms. The lowest BCUT2D eigenvalue weighted by molar-refractivity contribution is -0.137. The van der Waals surface area contributed by atoms with E-state index in [1.807, 2.05) is 6.92 Å². The number of rotatable bonds is 1. The minimum absolute atomic E-state index is 0.00829. The number of hydrogen-bond acceptors (Lipinski definition) is 3. The third-order valence-corrected chi connectivity index (χ3v) is 3.39. The first-order valence-electron chi connectivity index (χ1n) is 5.90. The Bertz CT molecular complexity index is 472. The van der Waals surface area contributed by atoms with Gasteiger partial charge < -0.3 is 10.6 Å². The standard InChI is InChI=1S/C12H14F3N3O/c1-7-9(16)4-5-18(7)11(19)10-3-2-8(6-17-10)12(13,14)15/h2-3,6-7,9H,4-5,16H2,1H3. The number of alkyl halides is 3. The first-order chi connectivity index (χ1) is 8.80. The van der Waals surface area contributed by atoms with Crippen LogP contribution in [0.2, 0.25) is 0 Å². The second-order valence-corrected chi connectivity index (χ2v) is 4.62. The van der Waals surface area contributed by atoms with Gasteiger partial charge in [-0.25, -0.2) is 0 Å². The van der Waals surface area contributed by atoms with Crippen LogP contribution in [0.25, 0.3) is 0 Å². The number of carbonyl (C=O) groups excluding carboxylic acids is 1. The highest BCUT2D eigenvalue weighted by Crippen LogP contribution is 2.28. The zero-order chi connectivity index (χ0) is 14.2. The van der Waals surface area contributed by atoms with Crippen molar-refractivity contribution in [3.05, 3.63) is 29.6 Å². The molecule has 1 amide bonds. The molecule has 1 aliphatic heterocycles. The minimum Gasteiger partial charge on any atom is -0.333 e. The lowest BCUT2D eigenvalue weighted by Gasteiger charge is -2.22. The third kappa shape index (κ3) is 2.70. The Morgan fingerprint density at radius 3 is 2.58 bits per heavy atom. The van der Waals surface area contributed by atoms with Crippen molar-refractivity contribution in [2.24, 2.45) is 5.73 Å². The molecule has 2 unspecified atom stereocenters. The zero-order valence-corrected chi connectivity index (χ0v) is 10.3. The van der Waals surface area contributed by atoms with Crippen LogP contribution < -0.4 is 5.73 Å². The summed E-state index contributed by atoms with van der Waals surface area (Å²) in [6, 6.07) is 1.73. The van der Waals surface area contributed by atoms with E-state index in [4.69, 9.17) is 5.73 Å². The summed E-state index contributed by atoms with van der Waals surface area (Å²) in [5.41, 5.74) is 4.95. The first kappa shape index (κ1) is 13.8. The van der Waals surface area contributed by atoms with E-state index < -0.39 is 11.7 Å². The summed E-state index contributed by atoms with van der Waals surface area (Å²) in [7, 11) is 0. The maximum Gasteiger partial charge on any atom is 0.417 e. The van der Waals surface area contributed by atoms with Crippen LogP contribution in [0.1, 0.15) is 29.4 Å². The van der Waals surface area contributed by atoms with Crippen LogP contribution in [0.5, 0.6) is 0 Å². The molecule has 1 aromatic rings. The summed E-state index contributed by atoms with van der Waals surface area (Å²) in [5.74, 6) is -0.380. The molecule has 0 aliphatic carbocycles. The number of aromatic nitrogens is 1. The van der Waals surface area contributed by atoms with Crippen LogP contribution >= 0.6 is 0 Å². The van der Waals surface area contributed by atoms with E-state index in [0.717, 1.165) is 12.1 Å². The van der Waals surface area contributed by atoms with Crippen molar-refractivity contribution < 1.29 is 18.0 Å². The van der Waals surface area contributed by atoms with Crippen LogP contribution in [0.3, 0.4) is 0 Å². The number of halogens is 3. The van der Waals surface area contributed by atoms with Gasteiger partial charge in [0, 0.05) is 24.8 Å². The number of hydrogen-bond donors (Lipinski definition) is 1. The van der Waals surface area contributed by atoms with E-state index in [-0.39, 0.29) is 23.7 Å². The average Bonchev–Trinajstić information content (AvgIpc) is 2.68. The molecule has 1 aliphatic rings. The summed E-state index contributed by atoms with van der Waals surface area (Å²) >= 11 is 0. The van der Waals surface area contributed by atoms with E-state index in [0.29, 0.717) is 19.2 Å². The van der Waals surface area contributed by atoms with Crippen molar-refractivity contribution in [3.63, 3.8) is 0 Å². The molecule has 0 aromatic carbocycles. The van der Waals surface area contributed by atoms with Gasteiger partial charge in [0.1, 0.15) is 5.69 Å². The number of carbonyl (C=O) groups is 1. The Morgan fingerprint density at radius 2 is 2.16 bits per heavy atom. The van der Waals surface area contributed by atoms with Crippen LogP contribution in [0.15, 0.2) is 18.3 Å². The molecule has 0 spiro atoms. The lowest BCUT2D eigenvalue weighted by atomic mass is 10.1. The van der Waals surface area contributed by atoms with E-state index in [2.05, 4.69) is 4.98 Å². The molecule has 2 N–H and O–H groups in total. The number of pyridine rings is 1. The molecule has 2 heterocycles.